The molecule has 5 heteroatoms. The van der Waals surface area contributed by atoms with E-state index in [1.54, 1.807) is 54.6 Å². The number of carbonyl (C=O) groups is 2. The van der Waals surface area contributed by atoms with Gasteiger partial charge in [0.25, 0.3) is 5.91 Å². The zero-order chi connectivity index (χ0) is 19.9. The molecule has 142 valence electrons. The number of halogens is 1. The van der Waals surface area contributed by atoms with E-state index < -0.39 is 23.8 Å². The van der Waals surface area contributed by atoms with Crippen molar-refractivity contribution in [1.82, 2.24) is 0 Å². The molecule has 0 bridgehead atoms. The highest BCUT2D eigenvalue weighted by atomic mass is 19.1. The first-order valence-corrected chi connectivity index (χ1v) is 8.88. The molecule has 3 rings (SSSR count). The summed E-state index contributed by atoms with van der Waals surface area (Å²) in [5.74, 6) is -1.64. The third kappa shape index (κ3) is 5.04. The Morgan fingerprint density at radius 2 is 1.57 bits per heavy atom. The van der Waals surface area contributed by atoms with Crippen molar-refractivity contribution >= 4 is 17.6 Å². The van der Waals surface area contributed by atoms with Crippen molar-refractivity contribution in [3.63, 3.8) is 0 Å². The Bertz CT molecular complexity index is 955. The fraction of sp³-hybridized carbons (Fsp3) is 0.130. The van der Waals surface area contributed by atoms with E-state index in [2.05, 4.69) is 5.32 Å². The third-order valence-electron chi connectivity index (χ3n) is 4.20. The predicted octanol–water partition coefficient (Wildman–Crippen LogP) is 4.60. The summed E-state index contributed by atoms with van der Waals surface area (Å²) in [6, 6.07) is 22.0. The second kappa shape index (κ2) is 8.95. The van der Waals surface area contributed by atoms with E-state index in [0.717, 1.165) is 5.56 Å². The highest BCUT2D eigenvalue weighted by molar-refractivity contribution is 5.96. The number of carbonyl (C=O) groups excluding carboxylic acids is 2. The van der Waals surface area contributed by atoms with E-state index in [4.69, 9.17) is 4.74 Å². The van der Waals surface area contributed by atoms with Crippen LogP contribution in [-0.4, -0.2) is 11.9 Å². The van der Waals surface area contributed by atoms with Crippen LogP contribution < -0.4 is 5.32 Å². The molecule has 0 saturated carbocycles. The molecule has 1 N–H and O–H groups in total. The summed E-state index contributed by atoms with van der Waals surface area (Å²) >= 11 is 0. The highest BCUT2D eigenvalue weighted by Gasteiger charge is 2.25. The molecule has 0 aliphatic rings. The van der Waals surface area contributed by atoms with E-state index in [1.165, 1.54) is 12.1 Å². The van der Waals surface area contributed by atoms with Crippen LogP contribution >= 0.6 is 0 Å². The lowest BCUT2D eigenvalue weighted by Crippen LogP contribution is -2.26. The summed E-state index contributed by atoms with van der Waals surface area (Å²) < 4.78 is 19.2. The average molecular weight is 377 g/mol. The van der Waals surface area contributed by atoms with Crippen LogP contribution in [0.2, 0.25) is 0 Å². The van der Waals surface area contributed by atoms with Gasteiger partial charge >= 0.3 is 5.97 Å². The van der Waals surface area contributed by atoms with Crippen molar-refractivity contribution in [3.05, 3.63) is 101 Å². The number of amides is 1. The van der Waals surface area contributed by atoms with E-state index in [-0.39, 0.29) is 12.0 Å². The number of esters is 1. The van der Waals surface area contributed by atoms with Crippen molar-refractivity contribution in [2.45, 2.75) is 19.4 Å². The standard InChI is InChI=1S/C23H20FNO3/c1-16-11-13-19(14-12-16)25-23(27)22(17-7-3-2-4-8-17)28-21(26)15-18-9-5-6-10-20(18)24/h2-14,22H,15H2,1H3,(H,25,27)/t22-/m1/s1. The van der Waals surface area contributed by atoms with Gasteiger partial charge in [0.05, 0.1) is 6.42 Å². The Balaban J connectivity index is 1.77. The van der Waals surface area contributed by atoms with Crippen molar-refractivity contribution in [3.8, 4) is 0 Å². The van der Waals surface area contributed by atoms with Crippen LogP contribution in [-0.2, 0) is 20.7 Å². The molecule has 0 aromatic heterocycles. The normalized spacial score (nSPS) is 11.5. The molecule has 0 saturated heterocycles. The number of aryl methyl sites for hydroxylation is 1. The summed E-state index contributed by atoms with van der Waals surface area (Å²) in [6.07, 6.45) is -1.39. The Hall–Kier alpha value is -3.47. The average Bonchev–Trinajstić information content (AvgIpc) is 2.70. The number of benzene rings is 3. The largest absolute Gasteiger partial charge is 0.447 e. The summed E-state index contributed by atoms with van der Waals surface area (Å²) in [6.45, 7) is 1.95. The van der Waals surface area contributed by atoms with Crippen molar-refractivity contribution in [1.29, 1.82) is 0 Å². The molecular weight excluding hydrogens is 357 g/mol. The molecule has 1 atom stereocenters. The molecular formula is C23H20FNO3. The molecule has 0 heterocycles. The fourth-order valence-electron chi connectivity index (χ4n) is 2.72. The van der Waals surface area contributed by atoms with E-state index in [9.17, 15) is 14.0 Å². The predicted molar refractivity (Wildman–Crippen MR) is 105 cm³/mol. The number of anilines is 1. The Morgan fingerprint density at radius 3 is 2.25 bits per heavy atom. The van der Waals surface area contributed by atoms with Gasteiger partial charge in [-0.15, -0.1) is 0 Å². The van der Waals surface area contributed by atoms with Gasteiger partial charge in [-0.05, 0) is 30.7 Å². The van der Waals surface area contributed by atoms with Crippen LogP contribution in [0, 0.1) is 12.7 Å². The maximum atomic E-state index is 13.8. The minimum atomic E-state index is -1.14. The van der Waals surface area contributed by atoms with Gasteiger partial charge in [0.1, 0.15) is 5.82 Å². The topological polar surface area (TPSA) is 55.4 Å². The summed E-state index contributed by atoms with van der Waals surface area (Å²) in [5.41, 5.74) is 2.42. The van der Waals surface area contributed by atoms with Crippen LogP contribution in [0.3, 0.4) is 0 Å². The van der Waals surface area contributed by atoms with Gasteiger partial charge in [0.2, 0.25) is 6.10 Å². The van der Waals surface area contributed by atoms with E-state index in [0.29, 0.717) is 11.3 Å². The number of nitrogens with one attached hydrogen (secondary N) is 1. The van der Waals surface area contributed by atoms with Gasteiger partial charge in [0, 0.05) is 11.3 Å². The van der Waals surface area contributed by atoms with Gasteiger partial charge in [-0.1, -0.05) is 66.2 Å². The van der Waals surface area contributed by atoms with Crippen LogP contribution in [0.1, 0.15) is 22.8 Å². The first-order valence-electron chi connectivity index (χ1n) is 8.88. The van der Waals surface area contributed by atoms with E-state index in [1.807, 2.05) is 19.1 Å². The molecule has 0 fully saturated rings. The molecule has 3 aromatic rings. The molecule has 0 radical (unpaired) electrons. The van der Waals surface area contributed by atoms with Gasteiger partial charge in [-0.3, -0.25) is 9.59 Å². The SMILES string of the molecule is Cc1ccc(NC(=O)[C@H](OC(=O)Cc2ccccc2F)c2ccccc2)cc1. The van der Waals surface area contributed by atoms with Gasteiger partial charge < -0.3 is 10.1 Å². The maximum Gasteiger partial charge on any atom is 0.311 e. The lowest BCUT2D eigenvalue weighted by molar-refractivity contribution is -0.154. The number of hydrogen-bond donors (Lipinski definition) is 1. The van der Waals surface area contributed by atoms with Crippen molar-refractivity contribution in [2.24, 2.45) is 0 Å². The van der Waals surface area contributed by atoms with Crippen LogP contribution in [0.25, 0.3) is 0 Å². The van der Waals surface area contributed by atoms with Crippen LogP contribution in [0.15, 0.2) is 78.9 Å². The molecule has 28 heavy (non-hydrogen) atoms. The molecule has 4 nitrogen and oxygen atoms in total. The molecule has 3 aromatic carbocycles. The minimum absolute atomic E-state index is 0.221. The van der Waals surface area contributed by atoms with Gasteiger partial charge in [0.15, 0.2) is 0 Å². The summed E-state index contributed by atoms with van der Waals surface area (Å²) in [4.78, 5) is 25.2. The Morgan fingerprint density at radius 1 is 0.929 bits per heavy atom. The minimum Gasteiger partial charge on any atom is -0.447 e. The Labute approximate surface area is 163 Å². The smallest absolute Gasteiger partial charge is 0.311 e. The molecule has 0 spiro atoms. The molecule has 1 amide bonds. The lowest BCUT2D eigenvalue weighted by atomic mass is 10.1. The van der Waals surface area contributed by atoms with E-state index >= 15 is 0 Å². The first kappa shape index (κ1) is 19.3. The van der Waals surface area contributed by atoms with Crippen molar-refractivity contribution in [2.75, 3.05) is 5.32 Å². The Kier molecular flexibility index (Phi) is 6.17. The monoisotopic (exact) mass is 377 g/mol. The second-order valence-corrected chi connectivity index (χ2v) is 6.40. The van der Waals surface area contributed by atoms with Crippen molar-refractivity contribution < 1.29 is 18.7 Å². The summed E-state index contributed by atoms with van der Waals surface area (Å²) in [5, 5.41) is 2.76. The zero-order valence-electron chi connectivity index (χ0n) is 15.4. The summed E-state index contributed by atoms with van der Waals surface area (Å²) in [7, 11) is 0. The zero-order valence-corrected chi connectivity index (χ0v) is 15.4. The maximum absolute atomic E-state index is 13.8. The fourth-order valence-corrected chi connectivity index (χ4v) is 2.72. The van der Waals surface area contributed by atoms with Crippen LogP contribution in [0.5, 0.6) is 0 Å². The number of hydrogen-bond acceptors (Lipinski definition) is 3. The number of ether oxygens (including phenoxy) is 1. The lowest BCUT2D eigenvalue weighted by Gasteiger charge is -2.18. The highest BCUT2D eigenvalue weighted by Crippen LogP contribution is 2.21. The first-order chi connectivity index (χ1) is 13.5. The molecule has 0 unspecified atom stereocenters. The second-order valence-electron chi connectivity index (χ2n) is 6.40. The van der Waals surface area contributed by atoms with Crippen LogP contribution in [0.4, 0.5) is 10.1 Å². The van der Waals surface area contributed by atoms with Gasteiger partial charge in [-0.2, -0.15) is 0 Å². The molecule has 0 aliphatic carbocycles. The third-order valence-corrected chi connectivity index (χ3v) is 4.20. The quantitative estimate of drug-likeness (QED) is 0.639. The molecule has 0 aliphatic heterocycles. The number of rotatable bonds is 6. The van der Waals surface area contributed by atoms with Gasteiger partial charge in [-0.25, -0.2) is 4.39 Å².